The van der Waals surface area contributed by atoms with Gasteiger partial charge in [-0.15, -0.1) is 6.42 Å². The van der Waals surface area contributed by atoms with Gasteiger partial charge in [-0.25, -0.2) is 0 Å². The lowest BCUT2D eigenvalue weighted by molar-refractivity contribution is 0.311. The second-order valence-corrected chi connectivity index (χ2v) is 2.76. The van der Waals surface area contributed by atoms with Crippen LogP contribution >= 0.6 is 0 Å². The van der Waals surface area contributed by atoms with E-state index >= 15 is 0 Å². The summed E-state index contributed by atoms with van der Waals surface area (Å²) in [5.41, 5.74) is 0. The van der Waals surface area contributed by atoms with Crippen molar-refractivity contribution < 1.29 is 4.74 Å². The van der Waals surface area contributed by atoms with E-state index in [1.807, 2.05) is 0 Å². The Morgan fingerprint density at radius 3 is 2.40 bits per heavy atom. The van der Waals surface area contributed by atoms with Gasteiger partial charge in [0, 0.05) is 0 Å². The van der Waals surface area contributed by atoms with Crippen LogP contribution in [-0.4, -0.2) is 12.2 Å². The van der Waals surface area contributed by atoms with Crippen molar-refractivity contribution in [3.8, 4) is 12.3 Å². The Morgan fingerprint density at radius 1 is 1.50 bits per heavy atom. The van der Waals surface area contributed by atoms with Crippen LogP contribution in [0.15, 0.2) is 0 Å². The van der Waals surface area contributed by atoms with Crippen LogP contribution in [0.1, 0.15) is 26.7 Å². The summed E-state index contributed by atoms with van der Waals surface area (Å²) in [7, 11) is 0. The van der Waals surface area contributed by atoms with Crippen molar-refractivity contribution in [2.24, 2.45) is 5.92 Å². The Hall–Kier alpha value is -0.480. The van der Waals surface area contributed by atoms with Crippen molar-refractivity contribution in [3.05, 3.63) is 0 Å². The van der Waals surface area contributed by atoms with Gasteiger partial charge in [0.05, 0.1) is 6.10 Å². The predicted molar refractivity (Wildman–Crippen MR) is 41.6 cm³/mol. The fraction of sp³-hybridized carbons (Fsp3) is 0.778. The largest absolute Gasteiger partial charge is 0.355 e. The zero-order valence-corrected chi connectivity index (χ0v) is 6.63. The topological polar surface area (TPSA) is 12.5 Å². The quantitative estimate of drug-likeness (QED) is 0.428. The Balaban J connectivity index is 2.31. The molecule has 1 heterocycles. The molecule has 56 valence electrons. The molecule has 0 aromatic heterocycles. The first-order valence-corrected chi connectivity index (χ1v) is 3.95. The highest BCUT2D eigenvalue weighted by Gasteiger charge is 2.41. The van der Waals surface area contributed by atoms with Crippen molar-refractivity contribution in [1.82, 2.24) is 0 Å². The minimum Gasteiger partial charge on any atom is -0.355 e. The lowest BCUT2D eigenvalue weighted by Gasteiger charge is -2.05. The molecule has 0 spiro atoms. The molecule has 0 aromatic carbocycles. The van der Waals surface area contributed by atoms with E-state index in [2.05, 4.69) is 19.8 Å². The van der Waals surface area contributed by atoms with Gasteiger partial charge in [-0.05, 0) is 5.92 Å². The predicted octanol–water partition coefficient (Wildman–Crippen LogP) is 1.82. The van der Waals surface area contributed by atoms with Gasteiger partial charge in [-0.3, -0.25) is 0 Å². The first-order chi connectivity index (χ1) is 4.83. The van der Waals surface area contributed by atoms with Gasteiger partial charge in [0.2, 0.25) is 0 Å². The van der Waals surface area contributed by atoms with Gasteiger partial charge in [-0.1, -0.05) is 32.6 Å². The van der Waals surface area contributed by atoms with Crippen LogP contribution in [0.4, 0.5) is 0 Å². The molecule has 1 rings (SSSR count). The second kappa shape index (κ2) is 3.07. The summed E-state index contributed by atoms with van der Waals surface area (Å²) in [6, 6.07) is 0. The average molecular weight is 138 g/mol. The highest BCUT2D eigenvalue weighted by atomic mass is 16.6. The number of rotatable bonds is 3. The maximum Gasteiger partial charge on any atom is 0.144 e. The van der Waals surface area contributed by atoms with Crippen LogP contribution in [0, 0.1) is 18.3 Å². The lowest BCUT2D eigenvalue weighted by Crippen LogP contribution is -2.07. The molecule has 0 unspecified atom stereocenters. The standard InChI is InChI=1S/C9H14O/c1-4-7(5-2)9-8(6-3)10-9/h3,7-9H,4-5H2,1-2H3/t8-,9-/m1/s1. The molecule has 1 fully saturated rings. The Bertz CT molecular complexity index is 141. The first-order valence-electron chi connectivity index (χ1n) is 3.95. The summed E-state index contributed by atoms with van der Waals surface area (Å²) in [6.45, 7) is 4.37. The fourth-order valence-electron chi connectivity index (χ4n) is 1.37. The van der Waals surface area contributed by atoms with E-state index in [-0.39, 0.29) is 6.10 Å². The van der Waals surface area contributed by atoms with Gasteiger partial charge >= 0.3 is 0 Å². The number of ether oxygens (including phenoxy) is 1. The molecule has 0 N–H and O–H groups in total. The normalized spacial score (nSPS) is 30.2. The zero-order valence-electron chi connectivity index (χ0n) is 6.63. The Kier molecular flexibility index (Phi) is 2.34. The number of hydrogen-bond donors (Lipinski definition) is 0. The van der Waals surface area contributed by atoms with Gasteiger partial charge in [0.15, 0.2) is 0 Å². The molecule has 0 saturated carbocycles. The van der Waals surface area contributed by atoms with E-state index in [0.29, 0.717) is 12.0 Å². The highest BCUT2D eigenvalue weighted by Crippen LogP contribution is 2.32. The third-order valence-electron chi connectivity index (χ3n) is 2.20. The summed E-state index contributed by atoms with van der Waals surface area (Å²) >= 11 is 0. The number of hydrogen-bond acceptors (Lipinski definition) is 1. The molecule has 2 atom stereocenters. The minimum absolute atomic E-state index is 0.130. The van der Waals surface area contributed by atoms with Crippen molar-refractivity contribution >= 4 is 0 Å². The third kappa shape index (κ3) is 1.33. The number of terminal acetylenes is 1. The van der Waals surface area contributed by atoms with Crippen LogP contribution in [0.2, 0.25) is 0 Å². The molecule has 0 aromatic rings. The van der Waals surface area contributed by atoms with Crippen molar-refractivity contribution in [2.45, 2.75) is 38.9 Å². The van der Waals surface area contributed by atoms with Crippen LogP contribution in [0.3, 0.4) is 0 Å². The van der Waals surface area contributed by atoms with E-state index < -0.39 is 0 Å². The van der Waals surface area contributed by atoms with Gasteiger partial charge in [-0.2, -0.15) is 0 Å². The van der Waals surface area contributed by atoms with E-state index in [0.717, 1.165) is 0 Å². The SMILES string of the molecule is C#C[C@H]1O[C@@H]1C(CC)CC. The van der Waals surface area contributed by atoms with Crippen molar-refractivity contribution in [3.63, 3.8) is 0 Å². The molecule has 1 nitrogen and oxygen atoms in total. The van der Waals surface area contributed by atoms with Crippen LogP contribution in [-0.2, 0) is 4.74 Å². The van der Waals surface area contributed by atoms with E-state index in [1.54, 1.807) is 0 Å². The Morgan fingerprint density at radius 2 is 2.10 bits per heavy atom. The van der Waals surface area contributed by atoms with Gasteiger partial charge < -0.3 is 4.74 Å². The molecule has 0 aliphatic carbocycles. The average Bonchev–Trinajstić information content (AvgIpc) is 2.70. The van der Waals surface area contributed by atoms with Crippen molar-refractivity contribution in [1.29, 1.82) is 0 Å². The summed E-state index contributed by atoms with van der Waals surface area (Å²) < 4.78 is 5.27. The molecular formula is C9H14O. The summed E-state index contributed by atoms with van der Waals surface area (Å²) in [4.78, 5) is 0. The van der Waals surface area contributed by atoms with Crippen molar-refractivity contribution in [2.75, 3.05) is 0 Å². The molecule has 1 aliphatic rings. The molecule has 1 aliphatic heterocycles. The lowest BCUT2D eigenvalue weighted by atomic mass is 9.98. The maximum absolute atomic E-state index is 5.27. The smallest absolute Gasteiger partial charge is 0.144 e. The van der Waals surface area contributed by atoms with Crippen LogP contribution in [0.5, 0.6) is 0 Å². The molecule has 0 bridgehead atoms. The molecule has 1 heteroatoms. The monoisotopic (exact) mass is 138 g/mol. The van der Waals surface area contributed by atoms with E-state index in [4.69, 9.17) is 11.2 Å². The molecule has 10 heavy (non-hydrogen) atoms. The Labute approximate surface area is 62.8 Å². The molecular weight excluding hydrogens is 124 g/mol. The fourth-order valence-corrected chi connectivity index (χ4v) is 1.37. The third-order valence-corrected chi connectivity index (χ3v) is 2.20. The molecule has 0 radical (unpaired) electrons. The van der Waals surface area contributed by atoms with Crippen LogP contribution in [0.25, 0.3) is 0 Å². The minimum atomic E-state index is 0.130. The summed E-state index contributed by atoms with van der Waals surface area (Å²) in [6.07, 6.45) is 8.06. The van der Waals surface area contributed by atoms with E-state index in [1.165, 1.54) is 12.8 Å². The summed E-state index contributed by atoms with van der Waals surface area (Å²) in [5.74, 6) is 3.30. The van der Waals surface area contributed by atoms with Crippen LogP contribution < -0.4 is 0 Å². The summed E-state index contributed by atoms with van der Waals surface area (Å²) in [5, 5.41) is 0. The van der Waals surface area contributed by atoms with Gasteiger partial charge in [0.25, 0.3) is 0 Å². The first kappa shape index (κ1) is 7.63. The highest BCUT2D eigenvalue weighted by molar-refractivity contribution is 5.09. The van der Waals surface area contributed by atoms with Gasteiger partial charge in [0.1, 0.15) is 6.10 Å². The number of epoxide rings is 1. The molecule has 1 saturated heterocycles. The second-order valence-electron chi connectivity index (χ2n) is 2.76. The maximum atomic E-state index is 5.27. The molecule has 0 amide bonds. The zero-order chi connectivity index (χ0) is 7.56. The van der Waals surface area contributed by atoms with E-state index in [9.17, 15) is 0 Å².